The minimum absolute atomic E-state index is 0.0827. The quantitative estimate of drug-likeness (QED) is 0.799. The maximum Gasteiger partial charge on any atom is 0.309 e. The number of carbonyl (C=O) groups is 1. The van der Waals surface area contributed by atoms with Crippen molar-refractivity contribution in [1.29, 1.82) is 0 Å². The van der Waals surface area contributed by atoms with Crippen molar-refractivity contribution < 1.29 is 9.53 Å². The molecular weight excluding hydrogens is 282 g/mol. The van der Waals surface area contributed by atoms with Crippen molar-refractivity contribution in [2.75, 3.05) is 6.61 Å². The highest BCUT2D eigenvalue weighted by molar-refractivity contribution is 5.77. The van der Waals surface area contributed by atoms with Crippen molar-refractivity contribution in [3.63, 3.8) is 0 Å². The third kappa shape index (κ3) is 2.70. The third-order valence-corrected chi connectivity index (χ3v) is 3.70. The molecule has 3 rings (SSSR count). The zero-order chi connectivity index (χ0) is 15.9. The van der Waals surface area contributed by atoms with Gasteiger partial charge in [-0.3, -0.25) is 4.79 Å². The molecule has 116 valence electrons. The van der Waals surface area contributed by atoms with Gasteiger partial charge in [0.25, 0.3) is 0 Å². The molecule has 1 saturated carbocycles. The monoisotopic (exact) mass is 301 g/mol. The standard InChI is InChI=1S/C15H19N5O2/c1-5-22-15(21)12-6-11(12)13-7-14(18-8(2)17-13)20-10(4)16-9(3)19-20/h7,11-12H,5-6H2,1-4H3/t11?,12-/m0/s1. The Balaban J connectivity index is 1.89. The minimum Gasteiger partial charge on any atom is -0.466 e. The lowest BCUT2D eigenvalue weighted by atomic mass is 10.2. The molecule has 2 aromatic heterocycles. The Morgan fingerprint density at radius 1 is 1.27 bits per heavy atom. The van der Waals surface area contributed by atoms with Crippen molar-refractivity contribution in [1.82, 2.24) is 24.7 Å². The molecule has 1 unspecified atom stereocenters. The average molecular weight is 301 g/mol. The zero-order valence-corrected chi connectivity index (χ0v) is 13.2. The van der Waals surface area contributed by atoms with Gasteiger partial charge in [-0.15, -0.1) is 5.10 Å². The van der Waals surface area contributed by atoms with Crippen molar-refractivity contribution in [2.24, 2.45) is 5.92 Å². The number of hydrogen-bond donors (Lipinski definition) is 0. The highest BCUT2D eigenvalue weighted by Crippen LogP contribution is 2.47. The number of ether oxygens (including phenoxy) is 1. The van der Waals surface area contributed by atoms with Crippen LogP contribution in [-0.4, -0.2) is 37.3 Å². The van der Waals surface area contributed by atoms with E-state index in [0.717, 1.165) is 17.9 Å². The molecule has 0 aliphatic heterocycles. The molecule has 1 aliphatic rings. The summed E-state index contributed by atoms with van der Waals surface area (Å²) in [6.07, 6.45) is 0.782. The van der Waals surface area contributed by atoms with Crippen LogP contribution < -0.4 is 0 Å². The summed E-state index contributed by atoms with van der Waals surface area (Å²) in [5.74, 6) is 2.72. The van der Waals surface area contributed by atoms with Crippen LogP contribution in [0.1, 0.15) is 42.4 Å². The van der Waals surface area contributed by atoms with E-state index in [1.165, 1.54) is 0 Å². The van der Waals surface area contributed by atoms with E-state index in [2.05, 4.69) is 20.1 Å². The summed E-state index contributed by atoms with van der Waals surface area (Å²) in [7, 11) is 0. The van der Waals surface area contributed by atoms with E-state index in [4.69, 9.17) is 4.74 Å². The first-order chi connectivity index (χ1) is 10.5. The van der Waals surface area contributed by atoms with Gasteiger partial charge >= 0.3 is 5.97 Å². The lowest BCUT2D eigenvalue weighted by Gasteiger charge is -2.07. The average Bonchev–Trinajstić information content (AvgIpc) is 3.18. The van der Waals surface area contributed by atoms with E-state index in [9.17, 15) is 4.79 Å². The highest BCUT2D eigenvalue weighted by Gasteiger charge is 2.46. The van der Waals surface area contributed by atoms with Crippen LogP contribution in [-0.2, 0) is 9.53 Å². The van der Waals surface area contributed by atoms with Gasteiger partial charge in [0, 0.05) is 12.0 Å². The van der Waals surface area contributed by atoms with Crippen molar-refractivity contribution >= 4 is 5.97 Å². The van der Waals surface area contributed by atoms with Crippen molar-refractivity contribution in [3.05, 3.63) is 29.2 Å². The molecule has 0 aromatic carbocycles. The molecule has 1 fully saturated rings. The van der Waals surface area contributed by atoms with E-state index in [1.807, 2.05) is 33.8 Å². The number of aromatic nitrogens is 5. The van der Waals surface area contributed by atoms with Gasteiger partial charge in [0.15, 0.2) is 5.82 Å². The first-order valence-corrected chi connectivity index (χ1v) is 7.42. The Morgan fingerprint density at radius 2 is 2.05 bits per heavy atom. The fourth-order valence-corrected chi connectivity index (χ4v) is 2.64. The molecule has 0 spiro atoms. The molecule has 2 atom stereocenters. The third-order valence-electron chi connectivity index (χ3n) is 3.70. The maximum absolute atomic E-state index is 11.8. The second kappa shape index (κ2) is 5.47. The van der Waals surface area contributed by atoms with Gasteiger partial charge in [-0.05, 0) is 34.1 Å². The van der Waals surface area contributed by atoms with Gasteiger partial charge in [0.2, 0.25) is 0 Å². The first kappa shape index (κ1) is 14.6. The van der Waals surface area contributed by atoms with Crippen LogP contribution in [0, 0.1) is 26.7 Å². The Hall–Kier alpha value is -2.31. The van der Waals surface area contributed by atoms with Crippen LogP contribution in [0.5, 0.6) is 0 Å². The lowest BCUT2D eigenvalue weighted by molar-refractivity contribution is -0.144. The summed E-state index contributed by atoms with van der Waals surface area (Å²) < 4.78 is 6.78. The number of aryl methyl sites for hydroxylation is 3. The van der Waals surface area contributed by atoms with Crippen LogP contribution in [0.25, 0.3) is 5.82 Å². The molecule has 0 N–H and O–H groups in total. The fourth-order valence-electron chi connectivity index (χ4n) is 2.64. The van der Waals surface area contributed by atoms with Crippen LogP contribution in [0.3, 0.4) is 0 Å². The van der Waals surface area contributed by atoms with E-state index in [0.29, 0.717) is 24.1 Å². The minimum atomic E-state index is -0.141. The Morgan fingerprint density at radius 3 is 2.68 bits per heavy atom. The van der Waals surface area contributed by atoms with Crippen LogP contribution in [0.4, 0.5) is 0 Å². The Bertz CT molecular complexity index is 725. The predicted octanol–water partition coefficient (Wildman–Crippen LogP) is 1.65. The summed E-state index contributed by atoms with van der Waals surface area (Å²) in [6, 6.07) is 1.89. The number of hydrogen-bond acceptors (Lipinski definition) is 6. The van der Waals surface area contributed by atoms with Crippen LogP contribution >= 0.6 is 0 Å². The molecule has 0 radical (unpaired) electrons. The number of nitrogens with zero attached hydrogens (tertiary/aromatic N) is 5. The van der Waals surface area contributed by atoms with Gasteiger partial charge in [0.1, 0.15) is 17.5 Å². The molecule has 2 aromatic rings. The van der Waals surface area contributed by atoms with Gasteiger partial charge in [-0.1, -0.05) is 0 Å². The predicted molar refractivity (Wildman–Crippen MR) is 78.6 cm³/mol. The molecule has 2 heterocycles. The normalized spacial score (nSPS) is 20.0. The molecule has 7 heteroatoms. The SMILES string of the molecule is CCOC(=O)[C@H]1CC1c1cc(-n2nc(C)nc2C)nc(C)n1. The summed E-state index contributed by atoms with van der Waals surface area (Å²) in [4.78, 5) is 25.0. The van der Waals surface area contributed by atoms with E-state index in [-0.39, 0.29) is 17.8 Å². The fraction of sp³-hybridized carbons (Fsp3) is 0.533. The van der Waals surface area contributed by atoms with Gasteiger partial charge < -0.3 is 4.74 Å². The van der Waals surface area contributed by atoms with E-state index in [1.54, 1.807) is 4.68 Å². The lowest BCUT2D eigenvalue weighted by Crippen LogP contribution is -2.09. The van der Waals surface area contributed by atoms with Crippen molar-refractivity contribution in [3.8, 4) is 5.82 Å². The summed E-state index contributed by atoms with van der Waals surface area (Å²) in [5.41, 5.74) is 0.869. The topological polar surface area (TPSA) is 82.8 Å². The number of carbonyl (C=O) groups excluding carboxylic acids is 1. The number of esters is 1. The smallest absolute Gasteiger partial charge is 0.309 e. The molecule has 0 bridgehead atoms. The molecule has 0 amide bonds. The zero-order valence-electron chi connectivity index (χ0n) is 13.2. The second-order valence-corrected chi connectivity index (χ2v) is 5.52. The molecule has 7 nitrogen and oxygen atoms in total. The summed E-state index contributed by atoms with van der Waals surface area (Å²) >= 11 is 0. The van der Waals surface area contributed by atoms with Crippen molar-refractivity contribution in [2.45, 2.75) is 40.0 Å². The van der Waals surface area contributed by atoms with Gasteiger partial charge in [-0.25, -0.2) is 15.0 Å². The second-order valence-electron chi connectivity index (χ2n) is 5.52. The number of rotatable bonds is 4. The molecule has 0 saturated heterocycles. The van der Waals surface area contributed by atoms with Crippen LogP contribution in [0.15, 0.2) is 6.07 Å². The van der Waals surface area contributed by atoms with Gasteiger partial charge in [0.05, 0.1) is 18.2 Å². The maximum atomic E-state index is 11.8. The molecule has 22 heavy (non-hydrogen) atoms. The van der Waals surface area contributed by atoms with E-state index < -0.39 is 0 Å². The molecule has 1 aliphatic carbocycles. The summed E-state index contributed by atoms with van der Waals surface area (Å²) in [6.45, 7) is 7.80. The molecular formula is C15H19N5O2. The van der Waals surface area contributed by atoms with Gasteiger partial charge in [-0.2, -0.15) is 4.68 Å². The van der Waals surface area contributed by atoms with Crippen LogP contribution in [0.2, 0.25) is 0 Å². The van der Waals surface area contributed by atoms with E-state index >= 15 is 0 Å². The highest BCUT2D eigenvalue weighted by atomic mass is 16.5. The Labute approximate surface area is 128 Å². The summed E-state index contributed by atoms with van der Waals surface area (Å²) in [5, 5.41) is 4.35. The largest absolute Gasteiger partial charge is 0.466 e. The first-order valence-electron chi connectivity index (χ1n) is 7.42. The Kier molecular flexibility index (Phi) is 3.64.